The van der Waals surface area contributed by atoms with Gasteiger partial charge in [-0.3, -0.25) is 24.1 Å². The van der Waals surface area contributed by atoms with E-state index in [1.807, 2.05) is 13.0 Å². The van der Waals surface area contributed by atoms with E-state index in [1.165, 1.54) is 5.57 Å². The lowest BCUT2D eigenvalue weighted by Gasteiger charge is -2.70. The number of ether oxygens (including phenoxy) is 2. The van der Waals surface area contributed by atoms with E-state index in [-0.39, 0.29) is 81.1 Å². The van der Waals surface area contributed by atoms with Gasteiger partial charge in [-0.05, 0) is 110 Å². The summed E-state index contributed by atoms with van der Waals surface area (Å²) in [6, 6.07) is 0. The SMILES string of the molecule is CC1(C)[C@@H](C(=O)CCC(=O)OCCN2CCOCC2)CC[C@]2(C)[C@H]3C(=O)C=C4[C@@H]5C[C@@](C)(C(=O)O)CC[C@]5(C)CC[C@@]4(C)[C@]3(C)CC[C@@H]12. The molecule has 0 radical (unpaired) electrons. The first-order valence-corrected chi connectivity index (χ1v) is 18.9. The third-order valence-electron chi connectivity index (χ3n) is 15.9. The zero-order valence-corrected chi connectivity index (χ0v) is 30.8. The number of esters is 1. The summed E-state index contributed by atoms with van der Waals surface area (Å²) in [6.07, 6.45) is 10.1. The molecule has 6 aliphatic rings. The quantitative estimate of drug-likeness (QED) is 0.279. The molecular formula is C40H61NO7. The van der Waals surface area contributed by atoms with Crippen molar-refractivity contribution in [2.45, 2.75) is 119 Å². The molecule has 0 aromatic rings. The third kappa shape index (κ3) is 5.54. The predicted octanol–water partition coefficient (Wildman–Crippen LogP) is 6.89. The number of carbonyl (C=O) groups is 4. The number of morpholine rings is 1. The first-order chi connectivity index (χ1) is 22.4. The molecule has 0 amide bonds. The Morgan fingerprint density at radius 1 is 0.917 bits per heavy atom. The van der Waals surface area contributed by atoms with E-state index >= 15 is 0 Å². The van der Waals surface area contributed by atoms with Crippen molar-refractivity contribution in [3.8, 4) is 0 Å². The molecule has 8 heteroatoms. The Hall–Kier alpha value is -2.06. The highest BCUT2D eigenvalue weighted by molar-refractivity contribution is 5.96. The second-order valence-corrected chi connectivity index (χ2v) is 18.6. The van der Waals surface area contributed by atoms with Gasteiger partial charge in [0.2, 0.25) is 0 Å². The number of rotatable bonds is 8. The lowest BCUT2D eigenvalue weighted by molar-refractivity contribution is -0.194. The maximum absolute atomic E-state index is 14.6. The van der Waals surface area contributed by atoms with Gasteiger partial charge in [-0.2, -0.15) is 0 Å². The maximum atomic E-state index is 14.6. The Labute approximate surface area is 288 Å². The van der Waals surface area contributed by atoms with Crippen molar-refractivity contribution in [3.05, 3.63) is 11.6 Å². The van der Waals surface area contributed by atoms with Crippen molar-refractivity contribution in [1.29, 1.82) is 0 Å². The number of hydrogen-bond acceptors (Lipinski definition) is 7. The number of carbonyl (C=O) groups excluding carboxylic acids is 3. The number of Topliss-reactive ketones (excluding diaryl/α,β-unsaturated/α-hetero) is 1. The van der Waals surface area contributed by atoms with Crippen LogP contribution in [0.15, 0.2) is 11.6 Å². The van der Waals surface area contributed by atoms with Gasteiger partial charge in [0, 0.05) is 37.9 Å². The average molecular weight is 668 g/mol. The fraction of sp³-hybridized carbons (Fsp3) is 0.850. The fourth-order valence-electron chi connectivity index (χ4n) is 12.5. The van der Waals surface area contributed by atoms with Crippen LogP contribution < -0.4 is 0 Å². The van der Waals surface area contributed by atoms with Crippen molar-refractivity contribution in [2.75, 3.05) is 39.5 Å². The number of aliphatic carboxylic acids is 1. The van der Waals surface area contributed by atoms with Crippen LogP contribution in [0.4, 0.5) is 0 Å². The molecule has 1 heterocycles. The zero-order valence-electron chi connectivity index (χ0n) is 30.8. The number of carboxylic acid groups (broad SMARTS) is 1. The third-order valence-corrected chi connectivity index (χ3v) is 15.9. The number of carboxylic acids is 1. The number of allylic oxidation sites excluding steroid dienone is 2. The van der Waals surface area contributed by atoms with Gasteiger partial charge in [0.1, 0.15) is 12.4 Å². The summed E-state index contributed by atoms with van der Waals surface area (Å²) < 4.78 is 10.9. The number of hydrogen-bond donors (Lipinski definition) is 1. The Bertz CT molecular complexity index is 1360. The summed E-state index contributed by atoms with van der Waals surface area (Å²) >= 11 is 0. The molecule has 1 aliphatic heterocycles. The monoisotopic (exact) mass is 667 g/mol. The van der Waals surface area contributed by atoms with Gasteiger partial charge in [0.25, 0.3) is 0 Å². The highest BCUT2D eigenvalue weighted by Crippen LogP contribution is 2.75. The molecule has 0 spiro atoms. The van der Waals surface area contributed by atoms with Crippen molar-refractivity contribution >= 4 is 23.5 Å². The van der Waals surface area contributed by atoms with Crippen LogP contribution in [0, 0.1) is 56.2 Å². The Kier molecular flexibility index (Phi) is 9.17. The van der Waals surface area contributed by atoms with Crippen molar-refractivity contribution in [3.63, 3.8) is 0 Å². The summed E-state index contributed by atoms with van der Waals surface area (Å²) in [5.74, 6) is -0.606. The van der Waals surface area contributed by atoms with E-state index in [1.54, 1.807) is 0 Å². The van der Waals surface area contributed by atoms with E-state index in [2.05, 4.69) is 46.4 Å². The van der Waals surface area contributed by atoms with Crippen LogP contribution >= 0.6 is 0 Å². The van der Waals surface area contributed by atoms with Crippen LogP contribution in [-0.2, 0) is 28.7 Å². The largest absolute Gasteiger partial charge is 0.481 e. The van der Waals surface area contributed by atoms with E-state index in [0.29, 0.717) is 39.2 Å². The van der Waals surface area contributed by atoms with Gasteiger partial charge >= 0.3 is 11.9 Å². The van der Waals surface area contributed by atoms with Crippen LogP contribution in [0.3, 0.4) is 0 Å². The second-order valence-electron chi connectivity index (χ2n) is 18.6. The molecule has 5 fully saturated rings. The Balaban J connectivity index is 1.18. The first kappa shape index (κ1) is 35.8. The van der Waals surface area contributed by atoms with Crippen molar-refractivity contribution in [2.24, 2.45) is 56.2 Å². The fourth-order valence-corrected chi connectivity index (χ4v) is 12.5. The lowest BCUT2D eigenvalue weighted by Crippen LogP contribution is -2.66. The van der Waals surface area contributed by atoms with Crippen molar-refractivity contribution in [1.82, 2.24) is 4.90 Å². The normalized spacial score (nSPS) is 43.9. The average Bonchev–Trinajstić information content (AvgIpc) is 3.02. The molecule has 48 heavy (non-hydrogen) atoms. The molecule has 9 atom stereocenters. The summed E-state index contributed by atoms with van der Waals surface area (Å²) in [7, 11) is 0. The first-order valence-electron chi connectivity index (χ1n) is 18.9. The molecule has 0 unspecified atom stereocenters. The summed E-state index contributed by atoms with van der Waals surface area (Å²) in [5, 5.41) is 10.2. The van der Waals surface area contributed by atoms with E-state index < -0.39 is 11.4 Å². The Morgan fingerprint density at radius 3 is 2.29 bits per heavy atom. The summed E-state index contributed by atoms with van der Waals surface area (Å²) in [6.45, 7) is 20.0. The summed E-state index contributed by atoms with van der Waals surface area (Å²) in [5.41, 5.74) is -0.433. The minimum absolute atomic E-state index is 0.0282. The lowest BCUT2D eigenvalue weighted by atomic mass is 9.33. The van der Waals surface area contributed by atoms with E-state index in [4.69, 9.17) is 9.47 Å². The van der Waals surface area contributed by atoms with Gasteiger partial charge in [0.15, 0.2) is 5.78 Å². The number of ketones is 2. The van der Waals surface area contributed by atoms with Crippen LogP contribution in [-0.4, -0.2) is 73.0 Å². The molecule has 0 aromatic carbocycles. The molecular weight excluding hydrogens is 606 g/mol. The van der Waals surface area contributed by atoms with E-state index in [0.717, 1.165) is 58.0 Å². The highest BCUT2D eigenvalue weighted by Gasteiger charge is 2.70. The van der Waals surface area contributed by atoms with Crippen LogP contribution in [0.25, 0.3) is 0 Å². The smallest absolute Gasteiger partial charge is 0.309 e. The van der Waals surface area contributed by atoms with Gasteiger partial charge in [-0.15, -0.1) is 0 Å². The van der Waals surface area contributed by atoms with Crippen LogP contribution in [0.5, 0.6) is 0 Å². The zero-order chi connectivity index (χ0) is 34.9. The Morgan fingerprint density at radius 2 is 1.60 bits per heavy atom. The highest BCUT2D eigenvalue weighted by atomic mass is 16.5. The van der Waals surface area contributed by atoms with E-state index in [9.17, 15) is 24.3 Å². The molecule has 0 bridgehead atoms. The number of fused-ring (bicyclic) bond motifs is 7. The number of nitrogens with zero attached hydrogens (tertiary/aromatic N) is 1. The van der Waals surface area contributed by atoms with Gasteiger partial charge in [0.05, 0.1) is 25.0 Å². The molecule has 1 saturated heterocycles. The van der Waals surface area contributed by atoms with Crippen molar-refractivity contribution < 1.29 is 33.8 Å². The topological polar surface area (TPSA) is 110 Å². The maximum Gasteiger partial charge on any atom is 0.309 e. The summed E-state index contributed by atoms with van der Waals surface area (Å²) in [4.78, 5) is 55.6. The standard InChI is InChI=1S/C40H61NO7/c1-35(2)26(29(42)8-9-32(44)48-23-20-41-18-21-47-22-19-41)10-12-38(5)31(35)11-13-40(7)33(38)30(43)24-27-28-25-37(4,34(45)46)15-14-36(28,3)16-17-39(27,40)6/h24,26,28,31,33H,8-23,25H2,1-7H3,(H,45,46)/t26-,28+,31+,33-,36-,37+,38+,39-,40-/m1/s1. The van der Waals surface area contributed by atoms with Crippen LogP contribution in [0.1, 0.15) is 119 Å². The van der Waals surface area contributed by atoms with Gasteiger partial charge in [-0.1, -0.05) is 47.1 Å². The molecule has 0 aromatic heterocycles. The molecule has 8 nitrogen and oxygen atoms in total. The molecule has 4 saturated carbocycles. The van der Waals surface area contributed by atoms with Gasteiger partial charge in [-0.25, -0.2) is 0 Å². The minimum Gasteiger partial charge on any atom is -0.481 e. The van der Waals surface area contributed by atoms with Gasteiger partial charge < -0.3 is 14.6 Å². The molecule has 268 valence electrons. The van der Waals surface area contributed by atoms with Crippen LogP contribution in [0.2, 0.25) is 0 Å². The molecule has 1 N–H and O–H groups in total. The molecule has 6 rings (SSSR count). The second kappa shape index (κ2) is 12.3. The molecule has 5 aliphatic carbocycles. The minimum atomic E-state index is -0.762. The predicted molar refractivity (Wildman–Crippen MR) is 183 cm³/mol.